The minimum Gasteiger partial charge on any atom is -0.272 e. The van der Waals surface area contributed by atoms with Gasteiger partial charge in [-0.1, -0.05) is 60.5 Å². The molecule has 2 N–H and O–H groups in total. The highest BCUT2D eigenvalue weighted by Crippen LogP contribution is 2.28. The van der Waals surface area contributed by atoms with E-state index >= 15 is 0 Å². The van der Waals surface area contributed by atoms with Crippen LogP contribution in [0.4, 0.5) is 0 Å². The fraction of sp³-hybridized carbons (Fsp3) is 0.111. The largest absolute Gasteiger partial charge is 0.285 e. The number of hydrogen-bond donors (Lipinski definition) is 2. The van der Waals surface area contributed by atoms with Crippen molar-refractivity contribution in [1.82, 2.24) is 15.2 Å². The first kappa shape index (κ1) is 20.8. The van der Waals surface area contributed by atoms with Crippen LogP contribution >= 0.6 is 34.5 Å². The molecule has 0 saturated heterocycles. The van der Waals surface area contributed by atoms with Gasteiger partial charge in [-0.3, -0.25) is 10.2 Å². The molecule has 0 fully saturated rings. The predicted octanol–water partition coefficient (Wildman–Crippen LogP) is 4.30. The average molecular weight is 456 g/mol. The van der Waals surface area contributed by atoms with Gasteiger partial charge in [0, 0.05) is 10.9 Å². The standard InChI is InChI=1S/C18H15Cl2N3O3S2/c1-2-11-6-8-12(9-7-11)18-21-15(10-27-18)17(24)22-23-28(25,26)16-13(19)4-3-5-14(16)20/h3-10,23H,2H2,1H3,(H,22,24). The number of sulfonamides is 1. The lowest BCUT2D eigenvalue weighted by Gasteiger charge is -2.10. The first-order valence-corrected chi connectivity index (χ1v) is 11.2. The maximum absolute atomic E-state index is 12.4. The van der Waals surface area contributed by atoms with Crippen LogP contribution in [0.1, 0.15) is 23.0 Å². The number of nitrogens with zero attached hydrogens (tertiary/aromatic N) is 1. The van der Waals surface area contributed by atoms with E-state index in [9.17, 15) is 13.2 Å². The van der Waals surface area contributed by atoms with Crippen molar-refractivity contribution < 1.29 is 13.2 Å². The number of halogens is 2. The van der Waals surface area contributed by atoms with E-state index < -0.39 is 15.9 Å². The summed E-state index contributed by atoms with van der Waals surface area (Å²) in [5, 5.41) is 2.10. The van der Waals surface area contributed by atoms with Crippen molar-refractivity contribution in [3.63, 3.8) is 0 Å². The van der Waals surface area contributed by atoms with Gasteiger partial charge in [0.1, 0.15) is 15.6 Å². The van der Waals surface area contributed by atoms with Crippen molar-refractivity contribution in [2.45, 2.75) is 18.2 Å². The Morgan fingerprint density at radius 2 is 1.75 bits per heavy atom. The minimum absolute atomic E-state index is 0.0549. The average Bonchev–Trinajstić information content (AvgIpc) is 3.16. The third-order valence-corrected chi connectivity index (χ3v) is 6.93. The van der Waals surface area contributed by atoms with Crippen molar-refractivity contribution in [1.29, 1.82) is 0 Å². The molecule has 2 aromatic carbocycles. The van der Waals surface area contributed by atoms with Crippen LogP contribution in [0.25, 0.3) is 10.6 Å². The highest BCUT2D eigenvalue weighted by molar-refractivity contribution is 7.89. The van der Waals surface area contributed by atoms with Gasteiger partial charge in [-0.2, -0.15) is 0 Å². The summed E-state index contributed by atoms with van der Waals surface area (Å²) >= 11 is 13.1. The lowest BCUT2D eigenvalue weighted by atomic mass is 10.1. The van der Waals surface area contributed by atoms with E-state index in [4.69, 9.17) is 23.2 Å². The van der Waals surface area contributed by atoms with Crippen molar-refractivity contribution >= 4 is 50.5 Å². The summed E-state index contributed by atoms with van der Waals surface area (Å²) in [4.78, 5) is 18.2. The molecule has 0 unspecified atom stereocenters. The second-order valence-electron chi connectivity index (χ2n) is 5.70. The first-order valence-electron chi connectivity index (χ1n) is 8.13. The molecule has 146 valence electrons. The van der Waals surface area contributed by atoms with Gasteiger partial charge in [-0.05, 0) is 24.1 Å². The number of amides is 1. The molecule has 0 aliphatic rings. The molecule has 1 heterocycles. The van der Waals surface area contributed by atoms with Crippen molar-refractivity contribution in [3.05, 3.63) is 69.1 Å². The van der Waals surface area contributed by atoms with Crippen LogP contribution in [-0.2, 0) is 16.4 Å². The number of nitrogens with one attached hydrogen (secondary N) is 2. The second kappa shape index (κ2) is 8.59. The number of aryl methyl sites for hydroxylation is 1. The highest BCUT2D eigenvalue weighted by atomic mass is 35.5. The Labute approximate surface area is 176 Å². The number of benzene rings is 2. The Hall–Kier alpha value is -1.97. The molecule has 0 atom stereocenters. The lowest BCUT2D eigenvalue weighted by molar-refractivity contribution is 0.0941. The predicted molar refractivity (Wildman–Crippen MR) is 111 cm³/mol. The van der Waals surface area contributed by atoms with Gasteiger partial charge in [0.2, 0.25) is 0 Å². The zero-order valence-electron chi connectivity index (χ0n) is 14.6. The van der Waals surface area contributed by atoms with Gasteiger partial charge in [0.25, 0.3) is 15.9 Å². The van der Waals surface area contributed by atoms with Crippen LogP contribution in [-0.4, -0.2) is 19.3 Å². The van der Waals surface area contributed by atoms with E-state index in [1.807, 2.05) is 29.1 Å². The normalized spacial score (nSPS) is 11.4. The van der Waals surface area contributed by atoms with Crippen molar-refractivity contribution in [2.75, 3.05) is 0 Å². The summed E-state index contributed by atoms with van der Waals surface area (Å²) in [6.45, 7) is 2.07. The summed E-state index contributed by atoms with van der Waals surface area (Å²) in [5.74, 6) is -0.695. The Morgan fingerprint density at radius 3 is 2.36 bits per heavy atom. The molecule has 3 rings (SSSR count). The Balaban J connectivity index is 1.72. The maximum atomic E-state index is 12.4. The third-order valence-electron chi connectivity index (χ3n) is 3.83. The fourth-order valence-electron chi connectivity index (χ4n) is 2.36. The SMILES string of the molecule is CCc1ccc(-c2nc(C(=O)NNS(=O)(=O)c3c(Cl)cccc3Cl)cs2)cc1. The zero-order chi connectivity index (χ0) is 20.3. The number of aromatic nitrogens is 1. The first-order chi connectivity index (χ1) is 13.3. The Kier molecular flexibility index (Phi) is 6.36. The minimum atomic E-state index is -4.15. The molecular formula is C18H15Cl2N3O3S2. The Bertz CT molecular complexity index is 1090. The van der Waals surface area contributed by atoms with E-state index in [2.05, 4.69) is 17.3 Å². The fourth-order valence-corrected chi connectivity index (χ4v) is 5.15. The molecule has 0 radical (unpaired) electrons. The number of thiazole rings is 1. The molecule has 0 bridgehead atoms. The summed E-state index contributed by atoms with van der Waals surface area (Å²) in [5.41, 5.74) is 4.29. The molecular weight excluding hydrogens is 441 g/mol. The third kappa shape index (κ3) is 4.53. The molecule has 0 aliphatic heterocycles. The van der Waals surface area contributed by atoms with Crippen LogP contribution in [0.3, 0.4) is 0 Å². The summed E-state index contributed by atoms with van der Waals surface area (Å²) in [7, 11) is -4.15. The lowest BCUT2D eigenvalue weighted by Crippen LogP contribution is -2.41. The van der Waals surface area contributed by atoms with Crippen LogP contribution in [0.5, 0.6) is 0 Å². The summed E-state index contributed by atoms with van der Waals surface area (Å²) < 4.78 is 24.8. The molecule has 0 spiro atoms. The number of carbonyl (C=O) groups excluding carboxylic acids is 1. The van der Waals surface area contributed by atoms with Gasteiger partial charge < -0.3 is 0 Å². The van der Waals surface area contributed by atoms with E-state index in [0.29, 0.717) is 5.01 Å². The molecule has 10 heteroatoms. The van der Waals surface area contributed by atoms with Gasteiger partial charge in [-0.15, -0.1) is 16.2 Å². The van der Waals surface area contributed by atoms with Gasteiger partial charge >= 0.3 is 0 Å². The number of hydrazine groups is 1. The second-order valence-corrected chi connectivity index (χ2v) is 8.99. The number of hydrogen-bond acceptors (Lipinski definition) is 5. The van der Waals surface area contributed by atoms with Crippen LogP contribution in [0.15, 0.2) is 52.7 Å². The molecule has 0 aliphatic carbocycles. The van der Waals surface area contributed by atoms with Gasteiger partial charge in [0.05, 0.1) is 10.0 Å². The molecule has 1 amide bonds. The molecule has 3 aromatic rings. The monoisotopic (exact) mass is 455 g/mol. The van der Waals surface area contributed by atoms with E-state index in [1.165, 1.54) is 35.1 Å². The van der Waals surface area contributed by atoms with Crippen LogP contribution in [0.2, 0.25) is 10.0 Å². The maximum Gasteiger partial charge on any atom is 0.285 e. The summed E-state index contributed by atoms with van der Waals surface area (Å²) in [6.07, 6.45) is 0.932. The molecule has 6 nitrogen and oxygen atoms in total. The Morgan fingerprint density at radius 1 is 1.11 bits per heavy atom. The van der Waals surface area contributed by atoms with Gasteiger partial charge in [0.15, 0.2) is 0 Å². The smallest absolute Gasteiger partial charge is 0.272 e. The van der Waals surface area contributed by atoms with E-state index in [1.54, 1.807) is 5.38 Å². The zero-order valence-corrected chi connectivity index (χ0v) is 17.7. The van der Waals surface area contributed by atoms with Crippen molar-refractivity contribution in [3.8, 4) is 10.6 Å². The molecule has 28 heavy (non-hydrogen) atoms. The number of carbonyl (C=O) groups is 1. The molecule has 0 saturated carbocycles. The topological polar surface area (TPSA) is 88.2 Å². The van der Waals surface area contributed by atoms with Crippen LogP contribution < -0.4 is 10.3 Å². The van der Waals surface area contributed by atoms with Crippen molar-refractivity contribution in [2.24, 2.45) is 0 Å². The van der Waals surface area contributed by atoms with Crippen LogP contribution in [0, 0.1) is 0 Å². The molecule has 1 aromatic heterocycles. The summed E-state index contributed by atoms with van der Waals surface area (Å²) in [6, 6.07) is 12.2. The van der Waals surface area contributed by atoms with Gasteiger partial charge in [-0.25, -0.2) is 13.4 Å². The van der Waals surface area contributed by atoms with E-state index in [0.717, 1.165) is 12.0 Å². The number of rotatable bonds is 6. The highest BCUT2D eigenvalue weighted by Gasteiger charge is 2.23. The quantitative estimate of drug-likeness (QED) is 0.542. The van der Waals surface area contributed by atoms with E-state index in [-0.39, 0.29) is 20.6 Å².